The van der Waals surface area contributed by atoms with E-state index in [9.17, 15) is 47.9 Å². The number of hydrogen-bond donors (Lipinski definition) is 6. The number of carbonyl (C=O) groups excluding carboxylic acids is 2. The second-order valence-electron chi connectivity index (χ2n) is 21.9. The van der Waals surface area contributed by atoms with Crippen molar-refractivity contribution in [2.45, 2.75) is 209 Å². The highest BCUT2D eigenvalue weighted by Crippen LogP contribution is 2.45. The van der Waals surface area contributed by atoms with Gasteiger partial charge in [0.05, 0.1) is 52.5 Å². The largest absolute Gasteiger partial charge is 0.459 e. The number of methoxy groups -OCH3 is 1. The van der Waals surface area contributed by atoms with Crippen LogP contribution in [0, 0.1) is 23.7 Å². The smallest absolute Gasteiger partial charge is 0.309 e. The number of sulfone groups is 1. The molecule has 3 heterocycles. The minimum Gasteiger partial charge on any atom is -0.459 e. The van der Waals surface area contributed by atoms with Crippen molar-refractivity contribution in [1.82, 2.24) is 15.1 Å². The van der Waals surface area contributed by atoms with Crippen LogP contribution >= 0.6 is 0 Å². The quantitative estimate of drug-likeness (QED) is 0.138. The van der Waals surface area contributed by atoms with Gasteiger partial charge in [0.25, 0.3) is 0 Å². The summed E-state index contributed by atoms with van der Waals surface area (Å²) in [5, 5.41) is 62.6. The topological polar surface area (TPSA) is 234 Å². The number of nitrogens with zero attached hydrogens (tertiary/aromatic N) is 2. The number of benzene rings is 1. The standard InChI is InChI=1S/C51H88FN3O14S/c1-15-40-51(10,62)44(58)33(6)55(12)28-29(2)25-49(8,61)46(31(4)42(32(5)47(60)68-40)39-26-50(9,65-13)45(59)34(7)67-39)69-48-43(57)38(23-30(3)66-48)54(11)22-16-17-41(56)53-36(27-52)24-35-18-20-37(21-19-35)70(14,63)64/h18-21,29-34,36,38-40,42-46,48,57-59,61-62H,15-17,22-28H2,1-14H3,(H,53,56)/t29-,30-,31+,32-,33-,34+,36+,38+,39?,40-,42+,43-,44-,45+,46-,48+,49-,50-,51-/m1/s1. The lowest BCUT2D eigenvalue weighted by molar-refractivity contribution is -0.303. The van der Waals surface area contributed by atoms with E-state index >= 15 is 0 Å². The molecule has 3 saturated heterocycles. The maximum Gasteiger partial charge on any atom is 0.309 e. The molecule has 1 unspecified atom stereocenters. The third kappa shape index (κ3) is 14.7. The van der Waals surface area contributed by atoms with Crippen LogP contribution in [-0.4, -0.2) is 193 Å². The third-order valence-electron chi connectivity index (χ3n) is 15.8. The molecule has 1 aromatic carbocycles. The van der Waals surface area contributed by atoms with Crippen molar-refractivity contribution in [2.75, 3.05) is 47.2 Å². The molecule has 70 heavy (non-hydrogen) atoms. The van der Waals surface area contributed by atoms with E-state index in [0.717, 1.165) is 6.26 Å². The maximum absolute atomic E-state index is 14.6. The van der Waals surface area contributed by atoms with Gasteiger partial charge in [-0.3, -0.25) is 9.59 Å². The number of nitrogens with one attached hydrogen (secondary N) is 1. The first kappa shape index (κ1) is 60.2. The Morgan fingerprint density at radius 3 is 2.21 bits per heavy atom. The van der Waals surface area contributed by atoms with Crippen molar-refractivity contribution in [3.8, 4) is 0 Å². The summed E-state index contributed by atoms with van der Waals surface area (Å²) < 4.78 is 69.7. The van der Waals surface area contributed by atoms with Crippen LogP contribution in [0.1, 0.15) is 113 Å². The Morgan fingerprint density at radius 2 is 1.64 bits per heavy atom. The van der Waals surface area contributed by atoms with Gasteiger partial charge in [-0.25, -0.2) is 12.8 Å². The van der Waals surface area contributed by atoms with Gasteiger partial charge in [0.15, 0.2) is 16.1 Å². The first-order valence-electron chi connectivity index (χ1n) is 25.2. The van der Waals surface area contributed by atoms with Crippen LogP contribution in [0.2, 0.25) is 0 Å². The molecular weight excluding hydrogens is 930 g/mol. The molecule has 0 aromatic heterocycles. The Bertz CT molecular complexity index is 1950. The maximum atomic E-state index is 14.6. The summed E-state index contributed by atoms with van der Waals surface area (Å²) in [4.78, 5) is 31.6. The molecule has 0 radical (unpaired) electrons. The van der Waals surface area contributed by atoms with Crippen molar-refractivity contribution in [2.24, 2.45) is 23.7 Å². The highest BCUT2D eigenvalue weighted by Gasteiger charge is 2.55. The number of amides is 1. The van der Waals surface area contributed by atoms with Gasteiger partial charge in [-0.15, -0.1) is 0 Å². The number of rotatable bonds is 15. The number of halogens is 1. The number of aliphatic hydroxyl groups excluding tert-OH is 3. The number of alkyl halides is 1. The van der Waals surface area contributed by atoms with Gasteiger partial charge in [0.1, 0.15) is 36.7 Å². The zero-order chi connectivity index (χ0) is 52.8. The summed E-state index contributed by atoms with van der Waals surface area (Å²) in [6.07, 6.45) is -6.24. The number of carbonyl (C=O) groups is 2. The summed E-state index contributed by atoms with van der Waals surface area (Å²) in [5.74, 6) is -3.69. The minimum atomic E-state index is -3.39. The van der Waals surface area contributed by atoms with Crippen LogP contribution in [0.5, 0.6) is 0 Å². The molecule has 3 aliphatic heterocycles. The fourth-order valence-corrected chi connectivity index (χ4v) is 12.1. The van der Waals surface area contributed by atoms with Crippen molar-refractivity contribution in [3.05, 3.63) is 29.8 Å². The molecule has 3 aliphatic rings. The number of ether oxygens (including phenoxy) is 5. The predicted molar refractivity (Wildman–Crippen MR) is 262 cm³/mol. The van der Waals surface area contributed by atoms with E-state index in [0.29, 0.717) is 31.5 Å². The van der Waals surface area contributed by atoms with Gasteiger partial charge < -0.3 is 64.3 Å². The molecule has 0 saturated carbocycles. The average Bonchev–Trinajstić information content (AvgIpc) is 3.28. The lowest BCUT2D eigenvalue weighted by Crippen LogP contribution is -2.62. The number of esters is 1. The molecule has 6 N–H and O–H groups in total. The van der Waals surface area contributed by atoms with E-state index in [1.807, 2.05) is 44.7 Å². The third-order valence-corrected chi connectivity index (χ3v) is 16.9. The van der Waals surface area contributed by atoms with Crippen LogP contribution < -0.4 is 5.32 Å². The van der Waals surface area contributed by atoms with Crippen LogP contribution in [0.3, 0.4) is 0 Å². The number of cyclic esters (lactones) is 1. The second-order valence-corrected chi connectivity index (χ2v) is 23.9. The van der Waals surface area contributed by atoms with E-state index in [1.165, 1.54) is 26.2 Å². The molecular formula is C51H88FN3O14S. The first-order valence-corrected chi connectivity index (χ1v) is 27.1. The van der Waals surface area contributed by atoms with Crippen molar-refractivity contribution in [3.63, 3.8) is 0 Å². The minimum absolute atomic E-state index is 0.0791. The molecule has 19 heteroatoms. The lowest BCUT2D eigenvalue weighted by atomic mass is 9.68. The van der Waals surface area contributed by atoms with Crippen molar-refractivity contribution < 1.29 is 71.6 Å². The van der Waals surface area contributed by atoms with E-state index in [4.69, 9.17) is 23.7 Å². The van der Waals surface area contributed by atoms with E-state index in [1.54, 1.807) is 53.7 Å². The average molecular weight is 1020 g/mol. The van der Waals surface area contributed by atoms with E-state index in [2.05, 4.69) is 5.32 Å². The fourth-order valence-electron chi connectivity index (χ4n) is 11.5. The van der Waals surface area contributed by atoms with Gasteiger partial charge in [-0.1, -0.05) is 39.8 Å². The van der Waals surface area contributed by atoms with Gasteiger partial charge in [-0.05, 0) is 124 Å². The molecule has 3 fully saturated rings. The Balaban J connectivity index is 1.63. The Kier molecular flexibility index (Phi) is 21.3. The van der Waals surface area contributed by atoms with Crippen LogP contribution in [-0.2, 0) is 49.5 Å². The zero-order valence-electron chi connectivity index (χ0n) is 44.2. The lowest BCUT2D eigenvalue weighted by Gasteiger charge is -2.51. The number of likely N-dealkylation sites (N-methyl/N-ethyl adjacent to an activating group) is 2. The Labute approximate surface area is 417 Å². The summed E-state index contributed by atoms with van der Waals surface area (Å²) in [5.41, 5.74) is -3.88. The Hall–Kier alpha value is -2.40. The van der Waals surface area contributed by atoms with Crippen molar-refractivity contribution >= 4 is 21.7 Å². The predicted octanol–water partition coefficient (Wildman–Crippen LogP) is 3.43. The van der Waals surface area contributed by atoms with Gasteiger partial charge in [0.2, 0.25) is 5.91 Å². The molecule has 19 atom stereocenters. The second kappa shape index (κ2) is 24.8. The molecule has 1 amide bonds. The SMILES string of the molecule is CC[C@H]1OC(=O)[C@H](C)[C@@H](C2C[C@@](C)(OC)[C@@H](O)[C@H](C)O2)[C@H](C)[C@@H](O[C@@H]2O[C@H](C)C[C@H](N(C)CCCC(=O)N[C@H](CF)Cc3ccc(S(C)(=O)=O)cc3)[C@H]2O)[C@](C)(O)C[C@@H](C)CN(C)[C@H](C)[C@@H](O)[C@]1(C)O. The number of aliphatic hydroxyl groups is 5. The van der Waals surface area contributed by atoms with E-state index in [-0.39, 0.29) is 48.8 Å². The van der Waals surface area contributed by atoms with Gasteiger partial charge in [-0.2, -0.15) is 0 Å². The van der Waals surface area contributed by atoms with Gasteiger partial charge >= 0.3 is 5.97 Å². The molecule has 0 aliphatic carbocycles. The normalized spacial score (nSPS) is 40.5. The highest BCUT2D eigenvalue weighted by atomic mass is 32.2. The molecule has 0 spiro atoms. The molecule has 0 bridgehead atoms. The summed E-state index contributed by atoms with van der Waals surface area (Å²) in [7, 11) is 1.77. The fraction of sp³-hybridized carbons (Fsp3) is 0.843. The van der Waals surface area contributed by atoms with Gasteiger partial charge in [0, 0.05) is 50.8 Å². The summed E-state index contributed by atoms with van der Waals surface area (Å²) in [6, 6.07) is 4.23. The van der Waals surface area contributed by atoms with E-state index < -0.39 is 130 Å². The zero-order valence-corrected chi connectivity index (χ0v) is 45.0. The molecule has 17 nitrogen and oxygen atoms in total. The summed E-state index contributed by atoms with van der Waals surface area (Å²) in [6.45, 7) is 17.6. The molecule has 1 aromatic rings. The number of hydrogen-bond acceptors (Lipinski definition) is 16. The monoisotopic (exact) mass is 1020 g/mol. The molecule has 4 rings (SSSR count). The Morgan fingerprint density at radius 1 is 1.01 bits per heavy atom. The molecule has 404 valence electrons. The van der Waals surface area contributed by atoms with Crippen LogP contribution in [0.25, 0.3) is 0 Å². The highest BCUT2D eigenvalue weighted by molar-refractivity contribution is 7.90. The van der Waals surface area contributed by atoms with Crippen molar-refractivity contribution in [1.29, 1.82) is 0 Å². The van der Waals surface area contributed by atoms with Crippen LogP contribution in [0.15, 0.2) is 29.2 Å². The van der Waals surface area contributed by atoms with Crippen LogP contribution in [0.4, 0.5) is 4.39 Å². The summed E-state index contributed by atoms with van der Waals surface area (Å²) >= 11 is 0. The first-order chi connectivity index (χ1) is 32.4.